The van der Waals surface area contributed by atoms with Gasteiger partial charge in [-0.3, -0.25) is 0 Å². The fraction of sp³-hybridized carbons (Fsp3) is 0.0462. The minimum absolute atomic E-state index is 0.129. The second-order valence-electron chi connectivity index (χ2n) is 18.5. The normalized spacial score (nSPS) is 12.7. The van der Waals surface area contributed by atoms with Crippen LogP contribution < -0.4 is 4.90 Å². The maximum atomic E-state index is 2.41. The lowest BCUT2D eigenvalue weighted by molar-refractivity contribution is 0.662. The van der Waals surface area contributed by atoms with Crippen molar-refractivity contribution < 1.29 is 0 Å². The Morgan fingerprint density at radius 1 is 0.328 bits per heavy atom. The molecule has 0 N–H and O–H groups in total. The van der Waals surface area contributed by atoms with Crippen molar-refractivity contribution in [2.24, 2.45) is 0 Å². The van der Waals surface area contributed by atoms with E-state index in [1.54, 1.807) is 0 Å². The van der Waals surface area contributed by atoms with Crippen LogP contribution in [0.15, 0.2) is 243 Å². The summed E-state index contributed by atoms with van der Waals surface area (Å²) in [6.45, 7) is 4.75. The molecule has 0 atom stereocenters. The van der Waals surface area contributed by atoms with Crippen LogP contribution in [0, 0.1) is 0 Å². The Morgan fingerprint density at radius 3 is 1.76 bits per heavy atom. The number of hydrogen-bond donors (Lipinski definition) is 0. The highest BCUT2D eigenvalue weighted by molar-refractivity contribution is 6.12. The van der Waals surface area contributed by atoms with Crippen LogP contribution in [0.2, 0.25) is 0 Å². The van der Waals surface area contributed by atoms with Gasteiger partial charge in [-0.15, -0.1) is 0 Å². The summed E-state index contributed by atoms with van der Waals surface area (Å²) in [6.07, 6.45) is 0. The molecule has 2 nitrogen and oxygen atoms in total. The van der Waals surface area contributed by atoms with Gasteiger partial charge in [0, 0.05) is 38.9 Å². The third kappa shape index (κ3) is 6.25. The van der Waals surface area contributed by atoms with E-state index in [2.05, 4.69) is 266 Å². The van der Waals surface area contributed by atoms with Gasteiger partial charge >= 0.3 is 0 Å². The average Bonchev–Trinajstić information content (AvgIpc) is 3.85. The Balaban J connectivity index is 0.931. The van der Waals surface area contributed by atoms with Gasteiger partial charge in [0.05, 0.1) is 11.0 Å². The molecule has 1 aliphatic carbocycles. The minimum Gasteiger partial charge on any atom is -0.310 e. The van der Waals surface area contributed by atoms with Crippen LogP contribution in [0.1, 0.15) is 25.0 Å². The number of aromatic nitrogens is 1. The molecule has 0 radical (unpaired) electrons. The summed E-state index contributed by atoms with van der Waals surface area (Å²) in [4.78, 5) is 2.41. The zero-order chi connectivity index (χ0) is 44.6. The van der Waals surface area contributed by atoms with Crippen LogP contribution >= 0.6 is 0 Å². The van der Waals surface area contributed by atoms with E-state index in [4.69, 9.17) is 0 Å². The Kier molecular flexibility index (Phi) is 8.91. The number of benzene rings is 11. The molecular formula is C65H46N2. The second kappa shape index (κ2) is 15.3. The second-order valence-corrected chi connectivity index (χ2v) is 18.5. The molecule has 67 heavy (non-hydrogen) atoms. The van der Waals surface area contributed by atoms with Gasteiger partial charge < -0.3 is 9.47 Å². The Bertz CT molecular complexity index is 3870. The third-order valence-electron chi connectivity index (χ3n) is 14.4. The van der Waals surface area contributed by atoms with Crippen LogP contribution in [-0.2, 0) is 5.41 Å². The molecular weight excluding hydrogens is 809 g/mol. The molecule has 12 aromatic rings. The summed E-state index contributed by atoms with van der Waals surface area (Å²) in [5, 5.41) is 7.59. The molecule has 1 aliphatic rings. The summed E-state index contributed by atoms with van der Waals surface area (Å²) in [5.41, 5.74) is 19.4. The number of fused-ring (bicyclic) bond motifs is 9. The molecule has 13 rings (SSSR count). The molecule has 1 heterocycles. The first kappa shape index (κ1) is 39.0. The molecule has 11 aromatic carbocycles. The summed E-state index contributed by atoms with van der Waals surface area (Å²) < 4.78 is 2.39. The molecule has 0 spiro atoms. The van der Waals surface area contributed by atoms with E-state index in [9.17, 15) is 0 Å². The first-order valence-corrected chi connectivity index (χ1v) is 23.3. The molecule has 0 fully saturated rings. The molecule has 0 bridgehead atoms. The van der Waals surface area contributed by atoms with Crippen molar-refractivity contribution in [3.63, 3.8) is 0 Å². The highest BCUT2D eigenvalue weighted by atomic mass is 15.1. The van der Waals surface area contributed by atoms with Gasteiger partial charge in [-0.1, -0.05) is 196 Å². The van der Waals surface area contributed by atoms with Crippen molar-refractivity contribution in [1.29, 1.82) is 0 Å². The maximum absolute atomic E-state index is 2.41. The van der Waals surface area contributed by atoms with Crippen LogP contribution in [0.4, 0.5) is 17.1 Å². The first-order chi connectivity index (χ1) is 33.0. The lowest BCUT2D eigenvalue weighted by atomic mass is 9.79. The van der Waals surface area contributed by atoms with Crippen molar-refractivity contribution in [2.75, 3.05) is 4.90 Å². The largest absolute Gasteiger partial charge is 0.310 e. The smallest absolute Gasteiger partial charge is 0.0547 e. The van der Waals surface area contributed by atoms with Gasteiger partial charge in [0.25, 0.3) is 0 Å². The van der Waals surface area contributed by atoms with Gasteiger partial charge in [0.1, 0.15) is 0 Å². The molecule has 1 aromatic heterocycles. The van der Waals surface area contributed by atoms with E-state index in [-0.39, 0.29) is 5.41 Å². The molecule has 0 saturated heterocycles. The Hall–Kier alpha value is -8.46. The van der Waals surface area contributed by atoms with E-state index in [1.807, 2.05) is 0 Å². The standard InChI is InChI=1S/C65H46N2/c1-65(2)61-27-10-8-21-57(61)60-26-14-24-54(64(60)65)47-16-12-19-51(41-47)66(50-37-31-45(32-38-50)53-23-13-25-55-52-20-7-6-15-44(52)33-39-56(53)55)49-35-29-43(30-36-49)46-34-40-59-58-22-9-11-28-62(58)67(63(59)42-46)48-17-4-3-5-18-48/h3-42H,1-2H3. The third-order valence-corrected chi connectivity index (χ3v) is 14.4. The summed E-state index contributed by atoms with van der Waals surface area (Å²) in [7, 11) is 0. The lowest BCUT2D eigenvalue weighted by Crippen LogP contribution is -2.16. The number of para-hydroxylation sites is 2. The molecule has 0 unspecified atom stereocenters. The van der Waals surface area contributed by atoms with Gasteiger partial charge in [-0.05, 0) is 138 Å². The minimum atomic E-state index is -0.129. The molecule has 316 valence electrons. The number of rotatable bonds is 7. The van der Waals surface area contributed by atoms with E-state index < -0.39 is 0 Å². The van der Waals surface area contributed by atoms with Crippen LogP contribution in [0.5, 0.6) is 0 Å². The van der Waals surface area contributed by atoms with Gasteiger partial charge in [0.2, 0.25) is 0 Å². The quantitative estimate of drug-likeness (QED) is 0.145. The highest BCUT2D eigenvalue weighted by Gasteiger charge is 2.37. The monoisotopic (exact) mass is 854 g/mol. The molecule has 2 heteroatoms. The van der Waals surface area contributed by atoms with Crippen molar-refractivity contribution in [1.82, 2.24) is 4.57 Å². The first-order valence-electron chi connectivity index (χ1n) is 23.3. The van der Waals surface area contributed by atoms with Crippen molar-refractivity contribution in [3.05, 3.63) is 254 Å². The zero-order valence-electron chi connectivity index (χ0n) is 37.5. The Labute approximate surface area is 391 Å². The topological polar surface area (TPSA) is 8.17 Å². The van der Waals surface area contributed by atoms with Gasteiger partial charge in [-0.2, -0.15) is 0 Å². The molecule has 0 aliphatic heterocycles. The SMILES string of the molecule is CC1(C)c2ccccc2-c2cccc(-c3cccc(N(c4ccc(-c5ccc6c7ccccc7n(-c7ccccc7)c6c5)cc4)c4ccc(-c5cccc6c5ccc5ccccc56)cc4)c3)c21. The summed E-state index contributed by atoms with van der Waals surface area (Å²) >= 11 is 0. The van der Waals surface area contributed by atoms with E-state index in [0.29, 0.717) is 0 Å². The van der Waals surface area contributed by atoms with Crippen molar-refractivity contribution in [2.45, 2.75) is 19.3 Å². The van der Waals surface area contributed by atoms with Crippen LogP contribution in [0.25, 0.3) is 93.5 Å². The fourth-order valence-corrected chi connectivity index (χ4v) is 11.2. The molecule has 0 saturated carbocycles. The summed E-state index contributed by atoms with van der Waals surface area (Å²) in [5.74, 6) is 0. The average molecular weight is 855 g/mol. The van der Waals surface area contributed by atoms with Crippen molar-refractivity contribution >= 4 is 60.4 Å². The van der Waals surface area contributed by atoms with Gasteiger partial charge in [0.15, 0.2) is 0 Å². The predicted molar refractivity (Wildman–Crippen MR) is 284 cm³/mol. The summed E-state index contributed by atoms with van der Waals surface area (Å²) in [6, 6.07) is 89.3. The maximum Gasteiger partial charge on any atom is 0.0547 e. The predicted octanol–water partition coefficient (Wildman–Crippen LogP) is 17.9. The van der Waals surface area contributed by atoms with Crippen LogP contribution in [0.3, 0.4) is 0 Å². The fourth-order valence-electron chi connectivity index (χ4n) is 11.2. The van der Waals surface area contributed by atoms with E-state index in [1.165, 1.54) is 99.0 Å². The number of hydrogen-bond acceptors (Lipinski definition) is 1. The Morgan fingerprint density at radius 2 is 0.925 bits per heavy atom. The number of nitrogens with zero attached hydrogens (tertiary/aromatic N) is 2. The lowest BCUT2D eigenvalue weighted by Gasteiger charge is -2.28. The highest BCUT2D eigenvalue weighted by Crippen LogP contribution is 2.52. The van der Waals surface area contributed by atoms with Crippen LogP contribution in [-0.4, -0.2) is 4.57 Å². The molecule has 0 amide bonds. The van der Waals surface area contributed by atoms with Crippen molar-refractivity contribution in [3.8, 4) is 50.2 Å². The van der Waals surface area contributed by atoms with Gasteiger partial charge in [-0.25, -0.2) is 0 Å². The zero-order valence-corrected chi connectivity index (χ0v) is 37.5. The number of anilines is 3. The van der Waals surface area contributed by atoms with E-state index in [0.717, 1.165) is 22.7 Å². The van der Waals surface area contributed by atoms with E-state index >= 15 is 0 Å².